The summed E-state index contributed by atoms with van der Waals surface area (Å²) in [6, 6.07) is 15.5. The number of benzene rings is 2. The van der Waals surface area contributed by atoms with Crippen LogP contribution < -0.4 is 4.74 Å². The highest BCUT2D eigenvalue weighted by atomic mass is 35.5. The summed E-state index contributed by atoms with van der Waals surface area (Å²) in [6.45, 7) is 6.70. The standard InChI is InChI=1S/C22H27ClN2O/c1-15-6-4-5-7-18(15)22-19-14-25(13-17(19)12-24(22)2)11-16-8-9-21(26-3)20(23)10-16/h4-10,17,19,22H,11-14H2,1-3H3/t17-,19+,22+/m0/s1. The van der Waals surface area contributed by atoms with E-state index in [9.17, 15) is 0 Å². The first-order chi connectivity index (χ1) is 12.6. The molecule has 138 valence electrons. The summed E-state index contributed by atoms with van der Waals surface area (Å²) < 4.78 is 5.27. The van der Waals surface area contributed by atoms with Crippen LogP contribution in [0.5, 0.6) is 5.75 Å². The van der Waals surface area contributed by atoms with Gasteiger partial charge in [-0.15, -0.1) is 0 Å². The SMILES string of the molecule is COc1ccc(CN2C[C@@H]3CN(C)[C@H](c4ccccc4C)[C@@H]3C2)cc1Cl. The third-order valence-corrected chi connectivity index (χ3v) is 6.39. The molecule has 0 aliphatic carbocycles. The van der Waals surface area contributed by atoms with Gasteiger partial charge in [0.15, 0.2) is 0 Å². The van der Waals surface area contributed by atoms with Gasteiger partial charge in [0.2, 0.25) is 0 Å². The van der Waals surface area contributed by atoms with Gasteiger partial charge in [-0.25, -0.2) is 0 Å². The molecule has 0 N–H and O–H groups in total. The number of aryl methyl sites for hydroxylation is 1. The normalized spacial score (nSPS) is 26.2. The summed E-state index contributed by atoms with van der Waals surface area (Å²) in [5.41, 5.74) is 4.17. The third kappa shape index (κ3) is 3.24. The van der Waals surface area contributed by atoms with Crippen LogP contribution in [-0.4, -0.2) is 43.6 Å². The fourth-order valence-electron chi connectivity index (χ4n) is 4.93. The quantitative estimate of drug-likeness (QED) is 0.793. The van der Waals surface area contributed by atoms with Crippen molar-refractivity contribution in [3.05, 3.63) is 64.2 Å². The minimum atomic E-state index is 0.533. The fourth-order valence-corrected chi connectivity index (χ4v) is 5.21. The van der Waals surface area contributed by atoms with E-state index in [1.807, 2.05) is 12.1 Å². The van der Waals surface area contributed by atoms with Crippen LogP contribution in [0.4, 0.5) is 0 Å². The van der Waals surface area contributed by atoms with Crippen molar-refractivity contribution in [2.45, 2.75) is 19.5 Å². The second kappa shape index (κ2) is 7.22. The first kappa shape index (κ1) is 17.8. The number of rotatable bonds is 4. The van der Waals surface area contributed by atoms with E-state index in [1.165, 1.54) is 29.8 Å². The average molecular weight is 371 g/mol. The fraction of sp³-hybridized carbons (Fsp3) is 0.455. The molecule has 2 aromatic rings. The van der Waals surface area contributed by atoms with Crippen molar-refractivity contribution in [1.29, 1.82) is 0 Å². The van der Waals surface area contributed by atoms with Gasteiger partial charge in [-0.05, 0) is 54.6 Å². The first-order valence-electron chi connectivity index (χ1n) is 9.37. The van der Waals surface area contributed by atoms with Crippen LogP contribution in [0, 0.1) is 18.8 Å². The number of ether oxygens (including phenoxy) is 1. The van der Waals surface area contributed by atoms with Crippen molar-refractivity contribution in [3.8, 4) is 5.75 Å². The molecule has 26 heavy (non-hydrogen) atoms. The highest BCUT2D eigenvalue weighted by molar-refractivity contribution is 6.32. The Bertz CT molecular complexity index is 793. The van der Waals surface area contributed by atoms with Gasteiger partial charge < -0.3 is 4.74 Å². The van der Waals surface area contributed by atoms with E-state index in [4.69, 9.17) is 16.3 Å². The molecule has 2 heterocycles. The van der Waals surface area contributed by atoms with Crippen molar-refractivity contribution >= 4 is 11.6 Å². The lowest BCUT2D eigenvalue weighted by Crippen LogP contribution is -2.29. The van der Waals surface area contributed by atoms with Crippen LogP contribution >= 0.6 is 11.6 Å². The highest BCUT2D eigenvalue weighted by Gasteiger charge is 2.46. The Balaban J connectivity index is 1.49. The lowest BCUT2D eigenvalue weighted by Gasteiger charge is -2.28. The Morgan fingerprint density at radius 2 is 1.92 bits per heavy atom. The molecule has 4 rings (SSSR count). The maximum Gasteiger partial charge on any atom is 0.137 e. The van der Waals surface area contributed by atoms with Crippen molar-refractivity contribution in [2.75, 3.05) is 33.8 Å². The molecule has 0 spiro atoms. The lowest BCUT2D eigenvalue weighted by molar-refractivity contribution is 0.224. The van der Waals surface area contributed by atoms with Crippen molar-refractivity contribution < 1.29 is 4.74 Å². The Kier molecular flexibility index (Phi) is 4.96. The summed E-state index contributed by atoms with van der Waals surface area (Å²) in [4.78, 5) is 5.14. The van der Waals surface area contributed by atoms with E-state index in [2.05, 4.69) is 54.1 Å². The molecule has 0 amide bonds. The Morgan fingerprint density at radius 3 is 2.65 bits per heavy atom. The Labute approximate surface area is 161 Å². The number of halogens is 1. The van der Waals surface area contributed by atoms with Crippen LogP contribution in [0.15, 0.2) is 42.5 Å². The molecule has 0 aromatic heterocycles. The van der Waals surface area contributed by atoms with Crippen molar-refractivity contribution in [1.82, 2.24) is 9.80 Å². The molecule has 0 saturated carbocycles. The molecule has 2 fully saturated rings. The number of hydrogen-bond acceptors (Lipinski definition) is 3. The van der Waals surface area contributed by atoms with E-state index in [0.29, 0.717) is 17.0 Å². The van der Waals surface area contributed by atoms with Gasteiger partial charge in [0.25, 0.3) is 0 Å². The third-order valence-electron chi connectivity index (χ3n) is 6.10. The molecule has 2 aromatic carbocycles. The monoisotopic (exact) mass is 370 g/mol. The predicted molar refractivity (Wildman–Crippen MR) is 107 cm³/mol. The minimum absolute atomic E-state index is 0.533. The summed E-state index contributed by atoms with van der Waals surface area (Å²) in [5.74, 6) is 2.20. The van der Waals surface area contributed by atoms with E-state index in [-0.39, 0.29) is 0 Å². The topological polar surface area (TPSA) is 15.7 Å². The van der Waals surface area contributed by atoms with Crippen LogP contribution in [0.2, 0.25) is 5.02 Å². The molecule has 2 aliphatic rings. The number of likely N-dealkylation sites (tertiary alicyclic amines) is 2. The van der Waals surface area contributed by atoms with E-state index in [1.54, 1.807) is 7.11 Å². The molecular weight excluding hydrogens is 344 g/mol. The molecule has 0 radical (unpaired) electrons. The summed E-state index contributed by atoms with van der Waals surface area (Å²) in [5, 5.41) is 0.696. The van der Waals surface area contributed by atoms with Gasteiger partial charge in [-0.1, -0.05) is 41.9 Å². The number of fused-ring (bicyclic) bond motifs is 1. The molecule has 0 unspecified atom stereocenters. The maximum absolute atomic E-state index is 6.30. The molecule has 2 saturated heterocycles. The van der Waals surface area contributed by atoms with Gasteiger partial charge >= 0.3 is 0 Å². The number of nitrogens with zero attached hydrogens (tertiary/aromatic N) is 2. The smallest absolute Gasteiger partial charge is 0.137 e. The zero-order chi connectivity index (χ0) is 18.3. The van der Waals surface area contributed by atoms with Crippen molar-refractivity contribution in [3.63, 3.8) is 0 Å². The molecule has 4 heteroatoms. The zero-order valence-electron chi connectivity index (χ0n) is 15.8. The average Bonchev–Trinajstić information content (AvgIpc) is 3.12. The highest BCUT2D eigenvalue weighted by Crippen LogP contribution is 2.45. The van der Waals surface area contributed by atoms with Gasteiger partial charge in [-0.2, -0.15) is 0 Å². The summed E-state index contributed by atoms with van der Waals surface area (Å²) in [7, 11) is 3.94. The molecule has 3 nitrogen and oxygen atoms in total. The largest absolute Gasteiger partial charge is 0.495 e. The Hall–Kier alpha value is -1.55. The van der Waals surface area contributed by atoms with Gasteiger partial charge in [0.05, 0.1) is 12.1 Å². The second-order valence-corrected chi connectivity index (χ2v) is 8.24. The minimum Gasteiger partial charge on any atom is -0.495 e. The first-order valence-corrected chi connectivity index (χ1v) is 9.75. The maximum atomic E-state index is 6.30. The molecule has 0 bridgehead atoms. The number of hydrogen-bond donors (Lipinski definition) is 0. The van der Waals surface area contributed by atoms with Crippen LogP contribution in [0.25, 0.3) is 0 Å². The van der Waals surface area contributed by atoms with Crippen LogP contribution in [0.3, 0.4) is 0 Å². The van der Waals surface area contributed by atoms with E-state index < -0.39 is 0 Å². The zero-order valence-corrected chi connectivity index (χ0v) is 16.5. The van der Waals surface area contributed by atoms with E-state index >= 15 is 0 Å². The molecule has 3 atom stereocenters. The van der Waals surface area contributed by atoms with Crippen LogP contribution in [-0.2, 0) is 6.54 Å². The van der Waals surface area contributed by atoms with Crippen molar-refractivity contribution in [2.24, 2.45) is 11.8 Å². The van der Waals surface area contributed by atoms with Crippen LogP contribution in [0.1, 0.15) is 22.7 Å². The molecular formula is C22H27ClN2O. The summed E-state index contributed by atoms with van der Waals surface area (Å²) in [6.07, 6.45) is 0. The lowest BCUT2D eigenvalue weighted by atomic mass is 9.88. The predicted octanol–water partition coefficient (Wildman–Crippen LogP) is 4.39. The van der Waals surface area contributed by atoms with Gasteiger partial charge in [-0.3, -0.25) is 9.80 Å². The Morgan fingerprint density at radius 1 is 1.12 bits per heavy atom. The van der Waals surface area contributed by atoms with Gasteiger partial charge in [0.1, 0.15) is 5.75 Å². The van der Waals surface area contributed by atoms with Gasteiger partial charge in [0, 0.05) is 32.2 Å². The molecule has 2 aliphatic heterocycles. The number of methoxy groups -OCH3 is 1. The summed E-state index contributed by atoms with van der Waals surface area (Å²) >= 11 is 6.30. The van der Waals surface area contributed by atoms with E-state index in [0.717, 1.165) is 24.8 Å². The second-order valence-electron chi connectivity index (χ2n) is 7.83.